The Morgan fingerprint density at radius 2 is 2.04 bits per heavy atom. The van der Waals surface area contributed by atoms with Crippen molar-refractivity contribution in [2.24, 2.45) is 11.8 Å². The summed E-state index contributed by atoms with van der Waals surface area (Å²) < 4.78 is 0. The number of carbonyl (C=O) groups excluding carboxylic acids is 1. The summed E-state index contributed by atoms with van der Waals surface area (Å²) in [6.07, 6.45) is 9.11. The normalized spacial score (nSPS) is 24.2. The number of anilines is 1. The maximum absolute atomic E-state index is 12.3. The average molecular weight is 329 g/mol. The molecule has 3 fully saturated rings. The van der Waals surface area contributed by atoms with Crippen LogP contribution in [0.25, 0.3) is 0 Å². The summed E-state index contributed by atoms with van der Waals surface area (Å²) in [6.45, 7) is 2.32. The van der Waals surface area contributed by atoms with Crippen LogP contribution in [-0.2, 0) is 4.79 Å². The topological polar surface area (TPSA) is 70.2 Å². The van der Waals surface area contributed by atoms with Crippen LogP contribution in [0.15, 0.2) is 18.3 Å². The van der Waals surface area contributed by atoms with Crippen molar-refractivity contribution >= 4 is 11.7 Å². The summed E-state index contributed by atoms with van der Waals surface area (Å²) in [5.74, 6) is 2.60. The number of hydrogen-bond acceptors (Lipinski definition) is 5. The lowest BCUT2D eigenvalue weighted by molar-refractivity contribution is -0.121. The molecule has 0 radical (unpaired) electrons. The van der Waals surface area contributed by atoms with Gasteiger partial charge in [0.2, 0.25) is 5.91 Å². The lowest BCUT2D eigenvalue weighted by atomic mass is 10.1. The third kappa shape index (κ3) is 4.04. The van der Waals surface area contributed by atoms with Gasteiger partial charge >= 0.3 is 0 Å². The highest BCUT2D eigenvalue weighted by atomic mass is 16.2. The molecule has 130 valence electrons. The molecule has 2 heterocycles. The number of nitrogens with zero attached hydrogens (tertiary/aromatic N) is 3. The van der Waals surface area contributed by atoms with Gasteiger partial charge in [0, 0.05) is 31.4 Å². The molecule has 2 saturated carbocycles. The molecule has 1 amide bonds. The van der Waals surface area contributed by atoms with Gasteiger partial charge in [-0.25, -0.2) is 0 Å². The Morgan fingerprint density at radius 1 is 1.25 bits per heavy atom. The Hall–Kier alpha value is -1.69. The lowest BCUT2D eigenvalue weighted by Crippen LogP contribution is -2.50. The molecule has 0 aromatic carbocycles. The van der Waals surface area contributed by atoms with Gasteiger partial charge in [-0.3, -0.25) is 4.79 Å². The van der Waals surface area contributed by atoms with Gasteiger partial charge in [-0.05, 0) is 62.5 Å². The second-order valence-electron chi connectivity index (χ2n) is 7.52. The zero-order valence-electron chi connectivity index (χ0n) is 14.2. The molecule has 1 saturated heterocycles. The first-order chi connectivity index (χ1) is 11.8. The van der Waals surface area contributed by atoms with Crippen LogP contribution in [0.5, 0.6) is 0 Å². The number of nitrogens with one attached hydrogen (secondary N) is 2. The van der Waals surface area contributed by atoms with Crippen LogP contribution in [0, 0.1) is 11.8 Å². The summed E-state index contributed by atoms with van der Waals surface area (Å²) in [7, 11) is 0. The Morgan fingerprint density at radius 3 is 2.71 bits per heavy atom. The minimum atomic E-state index is 0.162. The molecular weight excluding hydrogens is 302 g/mol. The second kappa shape index (κ2) is 7.05. The van der Waals surface area contributed by atoms with Gasteiger partial charge in [0.05, 0.1) is 6.54 Å². The molecule has 3 aliphatic rings. The molecule has 0 bridgehead atoms. The van der Waals surface area contributed by atoms with E-state index < -0.39 is 0 Å². The van der Waals surface area contributed by atoms with Crippen molar-refractivity contribution in [1.29, 1.82) is 0 Å². The van der Waals surface area contributed by atoms with Crippen molar-refractivity contribution in [1.82, 2.24) is 20.8 Å². The summed E-state index contributed by atoms with van der Waals surface area (Å²) in [5.41, 5.74) is 0. The van der Waals surface area contributed by atoms with E-state index >= 15 is 0 Å². The molecular formula is C18H27N5O. The van der Waals surface area contributed by atoms with E-state index in [1.54, 1.807) is 6.20 Å². The zero-order chi connectivity index (χ0) is 16.4. The van der Waals surface area contributed by atoms with Crippen LogP contribution in [0.2, 0.25) is 0 Å². The molecule has 0 unspecified atom stereocenters. The largest absolute Gasteiger partial charge is 0.354 e. The van der Waals surface area contributed by atoms with E-state index in [-0.39, 0.29) is 5.91 Å². The SMILES string of the molecule is O=C(CN[C@H]1CCCN(c2cccnn2)C1)NC(C1CC1)C1CC1. The van der Waals surface area contributed by atoms with Gasteiger partial charge in [-0.15, -0.1) is 5.10 Å². The Bertz CT molecular complexity index is 546. The van der Waals surface area contributed by atoms with Crippen LogP contribution in [0.3, 0.4) is 0 Å². The van der Waals surface area contributed by atoms with Crippen LogP contribution in [0.4, 0.5) is 5.82 Å². The van der Waals surface area contributed by atoms with Gasteiger partial charge in [-0.1, -0.05) is 0 Å². The number of aromatic nitrogens is 2. The highest BCUT2D eigenvalue weighted by Crippen LogP contribution is 2.44. The first-order valence-electron chi connectivity index (χ1n) is 9.35. The average Bonchev–Trinajstić information content (AvgIpc) is 3.52. The number of rotatable bonds is 7. The molecule has 24 heavy (non-hydrogen) atoms. The van der Waals surface area contributed by atoms with E-state index in [9.17, 15) is 4.79 Å². The Balaban J connectivity index is 1.24. The van der Waals surface area contributed by atoms with Crippen LogP contribution in [-0.4, -0.2) is 47.8 Å². The fourth-order valence-electron chi connectivity index (χ4n) is 3.82. The maximum Gasteiger partial charge on any atom is 0.234 e. The summed E-state index contributed by atoms with van der Waals surface area (Å²) in [5, 5.41) is 14.9. The molecule has 1 atom stereocenters. The highest BCUT2D eigenvalue weighted by molar-refractivity contribution is 5.78. The quantitative estimate of drug-likeness (QED) is 0.790. The molecule has 6 heteroatoms. The van der Waals surface area contributed by atoms with Crippen LogP contribution in [0.1, 0.15) is 38.5 Å². The Kier molecular flexibility index (Phi) is 4.65. The predicted octanol–water partition coefficient (Wildman–Crippen LogP) is 1.34. The van der Waals surface area contributed by atoms with E-state index in [1.165, 1.54) is 25.7 Å². The second-order valence-corrected chi connectivity index (χ2v) is 7.52. The lowest BCUT2D eigenvalue weighted by Gasteiger charge is -2.33. The minimum Gasteiger partial charge on any atom is -0.354 e. The molecule has 4 rings (SSSR count). The van der Waals surface area contributed by atoms with Gasteiger partial charge in [-0.2, -0.15) is 5.10 Å². The molecule has 6 nitrogen and oxygen atoms in total. The monoisotopic (exact) mass is 329 g/mol. The van der Waals surface area contributed by atoms with Crippen molar-refractivity contribution in [3.63, 3.8) is 0 Å². The molecule has 1 aromatic heterocycles. The van der Waals surface area contributed by atoms with Crippen LogP contribution < -0.4 is 15.5 Å². The first kappa shape index (κ1) is 15.8. The predicted molar refractivity (Wildman–Crippen MR) is 92.6 cm³/mol. The fourth-order valence-corrected chi connectivity index (χ4v) is 3.82. The number of amides is 1. The summed E-state index contributed by atoms with van der Waals surface area (Å²) in [6, 6.07) is 4.70. The molecule has 2 N–H and O–H groups in total. The Labute approximate surface area is 143 Å². The third-order valence-electron chi connectivity index (χ3n) is 5.44. The van der Waals surface area contributed by atoms with E-state index in [1.807, 2.05) is 12.1 Å². The smallest absolute Gasteiger partial charge is 0.234 e. The fraction of sp³-hybridized carbons (Fsp3) is 0.722. The standard InChI is InChI=1S/C18H27N5O/c24-17(21-18(13-5-6-13)14-7-8-14)11-19-15-3-2-10-23(12-15)16-4-1-9-20-22-16/h1,4,9,13-15,18-19H,2-3,5-8,10-12H2,(H,21,24)/t15-/m0/s1. The molecule has 0 spiro atoms. The van der Waals surface area contributed by atoms with Crippen molar-refractivity contribution in [3.8, 4) is 0 Å². The van der Waals surface area contributed by atoms with Crippen LogP contribution >= 0.6 is 0 Å². The number of carbonyl (C=O) groups is 1. The number of hydrogen-bond donors (Lipinski definition) is 2. The number of piperidine rings is 1. The zero-order valence-corrected chi connectivity index (χ0v) is 14.2. The van der Waals surface area contributed by atoms with Gasteiger partial charge < -0.3 is 15.5 Å². The third-order valence-corrected chi connectivity index (χ3v) is 5.44. The van der Waals surface area contributed by atoms with Gasteiger partial charge in [0.25, 0.3) is 0 Å². The van der Waals surface area contributed by atoms with Crippen molar-refractivity contribution in [2.75, 3.05) is 24.5 Å². The minimum absolute atomic E-state index is 0.162. The molecule has 2 aliphatic carbocycles. The first-order valence-corrected chi connectivity index (χ1v) is 9.35. The molecule has 1 aliphatic heterocycles. The highest BCUT2D eigenvalue weighted by Gasteiger charge is 2.42. The van der Waals surface area contributed by atoms with E-state index in [4.69, 9.17) is 0 Å². The van der Waals surface area contributed by atoms with E-state index in [0.717, 1.165) is 43.6 Å². The van der Waals surface area contributed by atoms with E-state index in [0.29, 0.717) is 18.6 Å². The van der Waals surface area contributed by atoms with Crippen molar-refractivity contribution in [2.45, 2.75) is 50.6 Å². The summed E-state index contributed by atoms with van der Waals surface area (Å²) >= 11 is 0. The van der Waals surface area contributed by atoms with Crippen molar-refractivity contribution < 1.29 is 4.79 Å². The van der Waals surface area contributed by atoms with Gasteiger partial charge in [0.1, 0.15) is 0 Å². The molecule has 1 aromatic rings. The van der Waals surface area contributed by atoms with Gasteiger partial charge in [0.15, 0.2) is 5.82 Å². The van der Waals surface area contributed by atoms with Crippen molar-refractivity contribution in [3.05, 3.63) is 18.3 Å². The maximum atomic E-state index is 12.3. The summed E-state index contributed by atoms with van der Waals surface area (Å²) in [4.78, 5) is 14.6. The van der Waals surface area contributed by atoms with E-state index in [2.05, 4.69) is 25.7 Å².